The van der Waals surface area contributed by atoms with Crippen molar-refractivity contribution in [1.82, 2.24) is 0 Å². The van der Waals surface area contributed by atoms with E-state index in [1.165, 1.54) is 18.4 Å². The molecule has 3 aliphatic rings. The molecule has 5 nitrogen and oxygen atoms in total. The van der Waals surface area contributed by atoms with Gasteiger partial charge in [0.25, 0.3) is 0 Å². The van der Waals surface area contributed by atoms with E-state index >= 15 is 0 Å². The van der Waals surface area contributed by atoms with E-state index in [0.717, 1.165) is 42.6 Å². The van der Waals surface area contributed by atoms with Crippen LogP contribution in [-0.2, 0) is 15.5 Å². The number of rotatable bonds is 6. The van der Waals surface area contributed by atoms with Crippen molar-refractivity contribution >= 4 is 7.60 Å². The third-order valence-corrected chi connectivity index (χ3v) is 7.95. The normalized spacial score (nSPS) is 31.2. The zero-order valence-electron chi connectivity index (χ0n) is 15.7. The van der Waals surface area contributed by atoms with Crippen LogP contribution in [0.15, 0.2) is 6.07 Å². The minimum atomic E-state index is -3.47. The van der Waals surface area contributed by atoms with Crippen molar-refractivity contribution in [3.8, 4) is 11.5 Å². The smallest absolute Gasteiger partial charge is 0.328 e. The van der Waals surface area contributed by atoms with Gasteiger partial charge in [0.2, 0.25) is 0 Å². The highest BCUT2D eigenvalue weighted by atomic mass is 31.2. The number of phenolic OH excluding ortho intramolecular Hbond substituents is 1. The molecule has 1 heterocycles. The quantitative estimate of drug-likeness (QED) is 0.691. The third-order valence-electron chi connectivity index (χ3n) is 6.41. The number of aromatic hydroxyl groups is 1. The summed E-state index contributed by atoms with van der Waals surface area (Å²) in [5.74, 6) is 2.46. The van der Waals surface area contributed by atoms with Crippen LogP contribution < -0.4 is 4.74 Å². The standard InChI is InChI=1S/C20H29O5P/c1-3-24-26(22,23)10-4-8-20(2)9-7-15-12-16(21)17-13-5-6-14(11-13)18(17)19(15)25-20/h12-14,21H,3-11H2,1-2H3,(H,22,23). The fourth-order valence-corrected chi connectivity index (χ4v) is 6.27. The second-order valence-corrected chi connectivity index (χ2v) is 10.3. The number of aryl methyl sites for hydroxylation is 1. The molecule has 0 amide bonds. The lowest BCUT2D eigenvalue weighted by Gasteiger charge is -2.38. The fraction of sp³-hybridized carbons (Fsp3) is 0.700. The van der Waals surface area contributed by atoms with E-state index in [4.69, 9.17) is 9.26 Å². The summed E-state index contributed by atoms with van der Waals surface area (Å²) in [4.78, 5) is 9.78. The van der Waals surface area contributed by atoms with Crippen LogP contribution in [0.25, 0.3) is 0 Å². The zero-order valence-corrected chi connectivity index (χ0v) is 16.6. The molecule has 2 bridgehead atoms. The number of benzene rings is 1. The van der Waals surface area contributed by atoms with Crippen molar-refractivity contribution in [3.05, 3.63) is 22.8 Å². The monoisotopic (exact) mass is 380 g/mol. The van der Waals surface area contributed by atoms with Crippen LogP contribution in [0.4, 0.5) is 0 Å². The molecule has 144 valence electrons. The van der Waals surface area contributed by atoms with Crippen LogP contribution in [0, 0.1) is 0 Å². The minimum Gasteiger partial charge on any atom is -0.508 e. The van der Waals surface area contributed by atoms with Gasteiger partial charge in [-0.3, -0.25) is 4.57 Å². The van der Waals surface area contributed by atoms with Gasteiger partial charge in [-0.25, -0.2) is 0 Å². The Labute approximate surface area is 155 Å². The molecule has 1 saturated carbocycles. The molecule has 1 aromatic rings. The van der Waals surface area contributed by atoms with E-state index in [1.54, 1.807) is 6.92 Å². The first-order valence-corrected chi connectivity index (χ1v) is 11.6. The summed E-state index contributed by atoms with van der Waals surface area (Å²) in [7, 11) is -3.47. The molecule has 0 saturated heterocycles. The molecule has 6 heteroatoms. The van der Waals surface area contributed by atoms with E-state index in [9.17, 15) is 14.6 Å². The molecular formula is C20H29O5P. The number of hydrogen-bond acceptors (Lipinski definition) is 4. The van der Waals surface area contributed by atoms with Crippen molar-refractivity contribution < 1.29 is 23.8 Å². The van der Waals surface area contributed by atoms with Crippen LogP contribution in [0.5, 0.6) is 11.5 Å². The van der Waals surface area contributed by atoms with Crippen LogP contribution in [0.1, 0.15) is 80.9 Å². The van der Waals surface area contributed by atoms with E-state index in [0.29, 0.717) is 24.0 Å². The lowest BCUT2D eigenvalue weighted by Crippen LogP contribution is -2.37. The van der Waals surface area contributed by atoms with E-state index in [-0.39, 0.29) is 18.4 Å². The summed E-state index contributed by atoms with van der Waals surface area (Å²) < 4.78 is 23.4. The lowest BCUT2D eigenvalue weighted by atomic mass is 9.83. The van der Waals surface area contributed by atoms with Gasteiger partial charge in [0, 0.05) is 11.1 Å². The van der Waals surface area contributed by atoms with Crippen LogP contribution in [0.2, 0.25) is 0 Å². The SMILES string of the molecule is CCOP(=O)(O)CCCC1(C)CCc2cc(O)c3c(c2O1)C1CCC3C1. The van der Waals surface area contributed by atoms with Gasteiger partial charge in [-0.05, 0) is 82.3 Å². The average Bonchev–Trinajstić information content (AvgIpc) is 3.17. The van der Waals surface area contributed by atoms with Crippen LogP contribution in [-0.4, -0.2) is 28.4 Å². The fourth-order valence-electron chi connectivity index (χ4n) is 5.18. The Balaban J connectivity index is 1.52. The van der Waals surface area contributed by atoms with Crippen molar-refractivity contribution in [1.29, 1.82) is 0 Å². The molecule has 1 fully saturated rings. The Bertz CT molecular complexity index is 761. The predicted octanol–water partition coefficient (Wildman–Crippen LogP) is 4.84. The largest absolute Gasteiger partial charge is 0.508 e. The highest BCUT2D eigenvalue weighted by Gasteiger charge is 2.44. The van der Waals surface area contributed by atoms with Gasteiger partial charge in [-0.1, -0.05) is 0 Å². The molecule has 4 rings (SSSR count). The summed E-state index contributed by atoms with van der Waals surface area (Å²) in [5, 5.41) is 10.5. The molecule has 0 radical (unpaired) electrons. The third kappa shape index (κ3) is 3.19. The van der Waals surface area contributed by atoms with Crippen molar-refractivity contribution in [2.24, 2.45) is 0 Å². The Morgan fingerprint density at radius 1 is 1.35 bits per heavy atom. The molecule has 0 spiro atoms. The van der Waals surface area contributed by atoms with Gasteiger partial charge in [-0.15, -0.1) is 0 Å². The Hall–Kier alpha value is -1.03. The molecular weight excluding hydrogens is 351 g/mol. The molecule has 4 unspecified atom stereocenters. The summed E-state index contributed by atoms with van der Waals surface area (Å²) in [6.45, 7) is 4.09. The maximum atomic E-state index is 11.9. The molecule has 2 N–H and O–H groups in total. The Morgan fingerprint density at radius 2 is 2.08 bits per heavy atom. The van der Waals surface area contributed by atoms with Gasteiger partial charge >= 0.3 is 7.60 Å². The molecule has 4 atom stereocenters. The van der Waals surface area contributed by atoms with Gasteiger partial charge in [0.15, 0.2) is 0 Å². The maximum absolute atomic E-state index is 11.9. The summed E-state index contributed by atoms with van der Waals surface area (Å²) in [5.41, 5.74) is 3.17. The first-order chi connectivity index (χ1) is 12.3. The molecule has 1 aliphatic heterocycles. The molecule has 2 aliphatic carbocycles. The van der Waals surface area contributed by atoms with Crippen LogP contribution >= 0.6 is 7.60 Å². The number of ether oxygens (including phenoxy) is 1. The van der Waals surface area contributed by atoms with E-state index in [1.807, 2.05) is 6.07 Å². The summed E-state index contributed by atoms with van der Waals surface area (Å²) in [6.07, 6.45) is 6.75. The van der Waals surface area contributed by atoms with Gasteiger partial charge in [-0.2, -0.15) is 0 Å². The minimum absolute atomic E-state index is 0.172. The first-order valence-electron chi connectivity index (χ1n) is 9.86. The molecule has 26 heavy (non-hydrogen) atoms. The maximum Gasteiger partial charge on any atom is 0.328 e. The van der Waals surface area contributed by atoms with Gasteiger partial charge in [0.1, 0.15) is 17.1 Å². The highest BCUT2D eigenvalue weighted by molar-refractivity contribution is 7.52. The summed E-state index contributed by atoms with van der Waals surface area (Å²) >= 11 is 0. The van der Waals surface area contributed by atoms with Crippen molar-refractivity contribution in [3.63, 3.8) is 0 Å². The van der Waals surface area contributed by atoms with Crippen molar-refractivity contribution in [2.75, 3.05) is 12.8 Å². The summed E-state index contributed by atoms with van der Waals surface area (Å²) in [6, 6.07) is 1.91. The second-order valence-electron chi connectivity index (χ2n) is 8.35. The van der Waals surface area contributed by atoms with E-state index in [2.05, 4.69) is 6.92 Å². The second kappa shape index (κ2) is 6.54. The molecule has 0 aromatic heterocycles. The number of fused-ring (bicyclic) bond motifs is 7. The predicted molar refractivity (Wildman–Crippen MR) is 100 cm³/mol. The average molecular weight is 380 g/mol. The Morgan fingerprint density at radius 3 is 2.81 bits per heavy atom. The highest BCUT2D eigenvalue weighted by Crippen LogP contribution is 2.60. The zero-order chi connectivity index (χ0) is 18.5. The Kier molecular flexibility index (Phi) is 4.61. The number of phenols is 1. The van der Waals surface area contributed by atoms with E-state index < -0.39 is 7.60 Å². The lowest BCUT2D eigenvalue weighted by molar-refractivity contribution is 0.0535. The van der Waals surface area contributed by atoms with Crippen LogP contribution in [0.3, 0.4) is 0 Å². The van der Waals surface area contributed by atoms with Crippen molar-refractivity contribution in [2.45, 2.75) is 76.2 Å². The first kappa shape index (κ1) is 18.3. The molecule has 1 aromatic carbocycles. The number of hydrogen-bond donors (Lipinski definition) is 2. The van der Waals surface area contributed by atoms with Gasteiger partial charge < -0.3 is 19.3 Å². The topological polar surface area (TPSA) is 76.0 Å². The van der Waals surface area contributed by atoms with Gasteiger partial charge in [0.05, 0.1) is 12.8 Å².